The zero-order valence-corrected chi connectivity index (χ0v) is 49.6. The van der Waals surface area contributed by atoms with E-state index >= 15 is 0 Å². The van der Waals surface area contributed by atoms with Crippen LogP contribution in [0.25, 0.3) is 0 Å². The van der Waals surface area contributed by atoms with Crippen LogP contribution in [-0.4, -0.2) is 49.3 Å². The number of carbonyl (C=O) groups is 2. The van der Waals surface area contributed by atoms with E-state index < -0.39 is 26.5 Å². The lowest BCUT2D eigenvalue weighted by atomic mass is 10.0. The Labute approximate surface area is 453 Å². The number of nitrogens with two attached hydrogens (primary N) is 1. The first-order valence-electron chi connectivity index (χ1n) is 32.2. The van der Waals surface area contributed by atoms with E-state index in [0.717, 1.165) is 51.4 Å². The minimum atomic E-state index is -4.38. The number of carbonyl (C=O) groups excluding carboxylic acids is 2. The quantitative estimate of drug-likeness (QED) is 0.0264. The lowest BCUT2D eigenvalue weighted by Crippen LogP contribution is -2.29. The van der Waals surface area contributed by atoms with Crippen molar-refractivity contribution in [3.63, 3.8) is 0 Å². The Morgan fingerprint density at radius 2 is 0.671 bits per heavy atom. The maximum absolute atomic E-state index is 12.7. The number of allylic oxidation sites excluding steroid dienone is 2. The number of unbranched alkanes of at least 4 members (excludes halogenated alkanes) is 47. The molecule has 0 aromatic heterocycles. The van der Waals surface area contributed by atoms with Crippen molar-refractivity contribution in [2.75, 3.05) is 26.4 Å². The second kappa shape index (κ2) is 60.0. The summed E-state index contributed by atoms with van der Waals surface area (Å²) < 4.78 is 33.0. The van der Waals surface area contributed by atoms with Gasteiger partial charge in [0.15, 0.2) is 6.10 Å². The molecule has 3 N–H and O–H groups in total. The van der Waals surface area contributed by atoms with Gasteiger partial charge < -0.3 is 20.1 Å². The van der Waals surface area contributed by atoms with Crippen LogP contribution in [0.1, 0.15) is 348 Å². The molecular weight excluding hydrogens is 930 g/mol. The number of phosphoric acid groups is 1. The van der Waals surface area contributed by atoms with Gasteiger partial charge in [-0.05, 0) is 38.5 Å². The summed E-state index contributed by atoms with van der Waals surface area (Å²) in [6.07, 6.45) is 70.4. The van der Waals surface area contributed by atoms with Gasteiger partial charge in [-0.1, -0.05) is 309 Å². The molecule has 0 spiro atoms. The Morgan fingerprint density at radius 3 is 0.973 bits per heavy atom. The maximum Gasteiger partial charge on any atom is 0.472 e. The van der Waals surface area contributed by atoms with Crippen molar-refractivity contribution in [1.82, 2.24) is 0 Å². The van der Waals surface area contributed by atoms with Crippen molar-refractivity contribution in [2.24, 2.45) is 5.73 Å². The first kappa shape index (κ1) is 71.8. The summed E-state index contributed by atoms with van der Waals surface area (Å²) >= 11 is 0. The van der Waals surface area contributed by atoms with Gasteiger partial charge >= 0.3 is 19.8 Å². The summed E-state index contributed by atoms with van der Waals surface area (Å²) in [5, 5.41) is 0. The van der Waals surface area contributed by atoms with Crippen molar-refractivity contribution in [3.8, 4) is 0 Å². The minimum Gasteiger partial charge on any atom is -0.462 e. The van der Waals surface area contributed by atoms with Crippen LogP contribution in [0.5, 0.6) is 0 Å². The summed E-state index contributed by atoms with van der Waals surface area (Å²) in [4.78, 5) is 35.1. The molecule has 0 saturated heterocycles. The van der Waals surface area contributed by atoms with Gasteiger partial charge in [0.25, 0.3) is 0 Å². The second-order valence-electron chi connectivity index (χ2n) is 22.0. The topological polar surface area (TPSA) is 134 Å². The van der Waals surface area contributed by atoms with Gasteiger partial charge in [0, 0.05) is 19.4 Å². The van der Waals surface area contributed by atoms with Crippen LogP contribution in [0.3, 0.4) is 0 Å². The zero-order chi connectivity index (χ0) is 53.1. The van der Waals surface area contributed by atoms with Gasteiger partial charge in [-0.25, -0.2) is 4.57 Å². The van der Waals surface area contributed by atoms with Crippen molar-refractivity contribution < 1.29 is 37.6 Å². The Morgan fingerprint density at radius 1 is 0.397 bits per heavy atom. The summed E-state index contributed by atoms with van der Waals surface area (Å²) in [6.45, 7) is 3.79. The van der Waals surface area contributed by atoms with Crippen LogP contribution >= 0.6 is 7.82 Å². The highest BCUT2D eigenvalue weighted by atomic mass is 31.2. The highest BCUT2D eigenvalue weighted by Crippen LogP contribution is 2.43. The fourth-order valence-corrected chi connectivity index (χ4v) is 10.6. The molecule has 0 fully saturated rings. The fourth-order valence-electron chi connectivity index (χ4n) is 9.87. The van der Waals surface area contributed by atoms with E-state index in [1.807, 2.05) is 0 Å². The maximum atomic E-state index is 12.7. The smallest absolute Gasteiger partial charge is 0.462 e. The lowest BCUT2D eigenvalue weighted by Gasteiger charge is -2.19. The first-order chi connectivity index (χ1) is 35.8. The molecule has 2 atom stereocenters. The molecule has 0 aliphatic carbocycles. The fraction of sp³-hybridized carbons (Fsp3) is 0.937. The van der Waals surface area contributed by atoms with Crippen molar-refractivity contribution in [2.45, 2.75) is 354 Å². The standard InChI is InChI=1S/C63H124NO8P/c1-3-5-7-9-11-13-15-17-19-20-21-22-23-24-25-26-27-28-29-30-31-32-33-34-35-36-37-38-39-40-42-43-45-47-49-51-53-55-62(65)69-59-61(60-71-73(67,68)70-58-57-64)72-63(66)56-54-52-50-48-46-44-41-18-16-14-12-10-8-6-4-2/h18,41,61H,3-17,19-40,42-60,64H2,1-2H3,(H,67,68)/b41-18-. The number of hydrogen-bond acceptors (Lipinski definition) is 8. The molecule has 434 valence electrons. The summed E-state index contributed by atoms with van der Waals surface area (Å²) in [5.41, 5.74) is 5.38. The van der Waals surface area contributed by atoms with E-state index in [-0.39, 0.29) is 38.6 Å². The summed E-state index contributed by atoms with van der Waals surface area (Å²) in [6, 6.07) is 0. The number of phosphoric ester groups is 1. The second-order valence-corrected chi connectivity index (χ2v) is 23.4. The predicted octanol–water partition coefficient (Wildman–Crippen LogP) is 20.4. The number of esters is 2. The highest BCUT2D eigenvalue weighted by Gasteiger charge is 2.26. The molecule has 0 amide bonds. The SMILES string of the molecule is CCCCCCCC/C=C\CCCCCCCC(=O)OC(COC(=O)CCCCCCCCCCCCCCCCCCCCCCCCCCCCCCCCCCCCCCC)COP(=O)(O)OCCN. The van der Waals surface area contributed by atoms with Crippen LogP contribution in [0.2, 0.25) is 0 Å². The Hall–Kier alpha value is -1.25. The summed E-state index contributed by atoms with van der Waals surface area (Å²) in [5.74, 6) is -0.819. The third-order valence-electron chi connectivity index (χ3n) is 14.7. The van der Waals surface area contributed by atoms with E-state index in [2.05, 4.69) is 26.0 Å². The monoisotopic (exact) mass is 1050 g/mol. The molecule has 0 radical (unpaired) electrons. The molecule has 0 aromatic rings. The van der Waals surface area contributed by atoms with Crippen LogP contribution in [-0.2, 0) is 32.7 Å². The van der Waals surface area contributed by atoms with Gasteiger partial charge in [0.05, 0.1) is 13.2 Å². The molecule has 0 saturated carbocycles. The molecule has 2 unspecified atom stereocenters. The molecule has 0 aliphatic heterocycles. The van der Waals surface area contributed by atoms with Gasteiger partial charge in [-0.15, -0.1) is 0 Å². The largest absolute Gasteiger partial charge is 0.472 e. The Kier molecular flexibility index (Phi) is 59.0. The summed E-state index contributed by atoms with van der Waals surface area (Å²) in [7, 11) is -4.38. The van der Waals surface area contributed by atoms with Crippen molar-refractivity contribution >= 4 is 19.8 Å². The first-order valence-corrected chi connectivity index (χ1v) is 33.7. The molecule has 0 aromatic carbocycles. The molecule has 73 heavy (non-hydrogen) atoms. The van der Waals surface area contributed by atoms with E-state index in [9.17, 15) is 19.0 Å². The van der Waals surface area contributed by atoms with Crippen LogP contribution in [0.15, 0.2) is 12.2 Å². The average molecular weight is 1050 g/mol. The van der Waals surface area contributed by atoms with Crippen molar-refractivity contribution in [1.29, 1.82) is 0 Å². The Balaban J connectivity index is 3.72. The molecular formula is C63H124NO8P. The number of rotatable bonds is 62. The number of ether oxygens (including phenoxy) is 2. The third-order valence-corrected chi connectivity index (χ3v) is 15.6. The average Bonchev–Trinajstić information content (AvgIpc) is 3.38. The molecule has 0 heterocycles. The van der Waals surface area contributed by atoms with Crippen molar-refractivity contribution in [3.05, 3.63) is 12.2 Å². The van der Waals surface area contributed by atoms with Gasteiger partial charge in [0.2, 0.25) is 0 Å². The van der Waals surface area contributed by atoms with Crippen LogP contribution < -0.4 is 5.73 Å². The highest BCUT2D eigenvalue weighted by molar-refractivity contribution is 7.47. The van der Waals surface area contributed by atoms with E-state index in [0.29, 0.717) is 6.42 Å². The van der Waals surface area contributed by atoms with Crippen LogP contribution in [0, 0.1) is 0 Å². The zero-order valence-electron chi connectivity index (χ0n) is 48.7. The molecule has 0 bridgehead atoms. The normalized spacial score (nSPS) is 13.0. The van der Waals surface area contributed by atoms with Crippen LogP contribution in [0.4, 0.5) is 0 Å². The van der Waals surface area contributed by atoms with E-state index in [1.165, 1.54) is 263 Å². The molecule has 0 aliphatic rings. The van der Waals surface area contributed by atoms with Gasteiger partial charge in [0.1, 0.15) is 6.61 Å². The third kappa shape index (κ3) is 59.8. The molecule has 0 rings (SSSR count). The van der Waals surface area contributed by atoms with E-state index in [4.69, 9.17) is 24.3 Å². The number of hydrogen-bond donors (Lipinski definition) is 2. The Bertz CT molecular complexity index is 1200. The molecule has 10 heteroatoms. The van der Waals surface area contributed by atoms with Gasteiger partial charge in [-0.2, -0.15) is 0 Å². The molecule has 9 nitrogen and oxygen atoms in total. The van der Waals surface area contributed by atoms with E-state index in [1.54, 1.807) is 0 Å². The minimum absolute atomic E-state index is 0.0552. The van der Waals surface area contributed by atoms with Gasteiger partial charge in [-0.3, -0.25) is 18.6 Å². The predicted molar refractivity (Wildman–Crippen MR) is 312 cm³/mol. The lowest BCUT2D eigenvalue weighted by molar-refractivity contribution is -0.161.